The molecule has 0 spiro atoms. The molecule has 1 aromatic rings. The Labute approximate surface area is 99.8 Å². The summed E-state index contributed by atoms with van der Waals surface area (Å²) in [4.78, 5) is 11.7. The number of hydrogen-bond acceptors (Lipinski definition) is 5. The Hall–Kier alpha value is -1.44. The number of rotatable bonds is 6. The van der Waals surface area contributed by atoms with Crippen LogP contribution in [0.3, 0.4) is 0 Å². The van der Waals surface area contributed by atoms with E-state index in [-0.39, 0.29) is 12.3 Å². The number of nitrogens with zero attached hydrogens (tertiary/aromatic N) is 2. The Morgan fingerprint density at radius 3 is 2.41 bits per heavy atom. The number of aliphatic hydroxyl groups is 1. The molecule has 17 heavy (non-hydrogen) atoms. The topological polar surface area (TPSA) is 86.8 Å². The van der Waals surface area contributed by atoms with Gasteiger partial charge in [0.15, 0.2) is 0 Å². The largest absolute Gasteiger partial charge is 0.437 e. The van der Waals surface area contributed by atoms with Crippen molar-refractivity contribution in [1.29, 1.82) is 0 Å². The summed E-state index contributed by atoms with van der Waals surface area (Å²) in [6, 6.07) is 6.14. The van der Waals surface area contributed by atoms with Crippen LogP contribution in [-0.4, -0.2) is 40.1 Å². The van der Waals surface area contributed by atoms with Gasteiger partial charge in [-0.1, -0.05) is 12.1 Å². The molecule has 1 rings (SSSR count). The van der Waals surface area contributed by atoms with Crippen molar-refractivity contribution in [3.8, 4) is 0 Å². The Kier molecular flexibility index (Phi) is 5.08. The van der Waals surface area contributed by atoms with Gasteiger partial charge in [0.1, 0.15) is 0 Å². The van der Waals surface area contributed by atoms with E-state index < -0.39 is 12.0 Å². The highest BCUT2D eigenvalue weighted by Gasteiger charge is 2.15. The zero-order valence-corrected chi connectivity index (χ0v) is 9.61. The van der Waals surface area contributed by atoms with Crippen LogP contribution < -0.4 is 0 Å². The fraction of sp³-hybridized carbons (Fsp3) is 0.400. The Morgan fingerprint density at radius 2 is 2.00 bits per heavy atom. The summed E-state index contributed by atoms with van der Waals surface area (Å²) in [5.74, 6) is 0. The summed E-state index contributed by atoms with van der Waals surface area (Å²) < 4.78 is 0. The van der Waals surface area contributed by atoms with Gasteiger partial charge >= 0.3 is 7.05 Å². The van der Waals surface area contributed by atoms with E-state index in [9.17, 15) is 15.1 Å². The molecule has 0 heterocycles. The van der Waals surface area contributed by atoms with Crippen LogP contribution in [-0.2, 0) is 6.54 Å². The Morgan fingerprint density at radius 1 is 1.41 bits per heavy atom. The van der Waals surface area contributed by atoms with Crippen LogP contribution in [0.25, 0.3) is 0 Å². The fourth-order valence-corrected chi connectivity index (χ4v) is 1.48. The van der Waals surface area contributed by atoms with E-state index in [1.165, 1.54) is 12.1 Å². The molecule has 2 N–H and O–H groups in total. The summed E-state index contributed by atoms with van der Waals surface area (Å²) in [6.45, 7) is 2.36. The van der Waals surface area contributed by atoms with E-state index in [0.717, 1.165) is 5.56 Å². The van der Waals surface area contributed by atoms with Crippen LogP contribution >= 0.6 is 0 Å². The van der Waals surface area contributed by atoms with Crippen molar-refractivity contribution in [2.45, 2.75) is 13.4 Å². The molecule has 0 aromatic heterocycles. The van der Waals surface area contributed by atoms with Crippen molar-refractivity contribution in [3.05, 3.63) is 39.9 Å². The average Bonchev–Trinajstić information content (AvgIpc) is 2.29. The van der Waals surface area contributed by atoms with Crippen molar-refractivity contribution < 1.29 is 15.1 Å². The highest BCUT2D eigenvalue weighted by atomic mass is 16.6. The molecule has 0 aliphatic carbocycles. The zero-order valence-electron chi connectivity index (χ0n) is 9.61. The van der Waals surface area contributed by atoms with Gasteiger partial charge < -0.3 is 14.9 Å². The van der Waals surface area contributed by atoms with Crippen LogP contribution in [0.15, 0.2) is 24.3 Å². The summed E-state index contributed by atoms with van der Waals surface area (Å²) in [7, 11) is -0.669. The first-order valence-electron chi connectivity index (χ1n) is 5.31. The lowest BCUT2D eigenvalue weighted by Gasteiger charge is -2.21. The maximum absolute atomic E-state index is 10.5. The highest BCUT2D eigenvalue weighted by molar-refractivity contribution is 6.45. The summed E-state index contributed by atoms with van der Waals surface area (Å²) >= 11 is 0. The van der Waals surface area contributed by atoms with Crippen molar-refractivity contribution in [2.24, 2.45) is 0 Å². The average molecular weight is 238 g/mol. The first kappa shape index (κ1) is 13.6. The third kappa shape index (κ3) is 4.14. The molecule has 0 saturated carbocycles. The lowest BCUT2D eigenvalue weighted by molar-refractivity contribution is -0.384. The first-order chi connectivity index (χ1) is 8.04. The molecule has 0 amide bonds. The number of aliphatic hydroxyl groups excluding tert-OH is 1. The maximum atomic E-state index is 10.5. The molecule has 0 atom stereocenters. The van der Waals surface area contributed by atoms with Gasteiger partial charge in [0, 0.05) is 25.2 Å². The second-order valence-electron chi connectivity index (χ2n) is 3.75. The van der Waals surface area contributed by atoms with Gasteiger partial charge in [-0.25, -0.2) is 0 Å². The monoisotopic (exact) mass is 238 g/mol. The lowest BCUT2D eigenvalue weighted by atomic mass is 9.84. The quantitative estimate of drug-likeness (QED) is 0.428. The molecule has 0 radical (unpaired) electrons. The predicted molar refractivity (Wildman–Crippen MR) is 64.4 cm³/mol. The molecule has 7 heteroatoms. The van der Waals surface area contributed by atoms with Gasteiger partial charge in [0.2, 0.25) is 0 Å². The van der Waals surface area contributed by atoms with Gasteiger partial charge in [-0.2, -0.15) is 0 Å². The zero-order chi connectivity index (χ0) is 12.8. The molecular weight excluding hydrogens is 223 g/mol. The molecule has 1 aromatic carbocycles. The first-order valence-corrected chi connectivity index (χ1v) is 5.31. The molecule has 0 unspecified atom stereocenters. The standard InChI is InChI=1S/C10H15BN2O4/c1-11(15)12(6-7-14)8-9-2-4-10(5-3-9)13(16)17/h2-5,14-15H,6-8H2,1H3. The van der Waals surface area contributed by atoms with Crippen LogP contribution in [0.4, 0.5) is 5.69 Å². The van der Waals surface area contributed by atoms with E-state index in [1.54, 1.807) is 23.8 Å². The summed E-state index contributed by atoms with van der Waals surface area (Å²) in [5.41, 5.74) is 0.893. The van der Waals surface area contributed by atoms with E-state index >= 15 is 0 Å². The van der Waals surface area contributed by atoms with Crippen LogP contribution in [0, 0.1) is 10.1 Å². The van der Waals surface area contributed by atoms with Gasteiger partial charge in [0.05, 0.1) is 11.5 Å². The Bertz CT molecular complexity index is 369. The minimum Gasteiger partial charge on any atom is -0.437 e. The molecule has 0 saturated heterocycles. The predicted octanol–water partition coefficient (Wildman–Crippen LogP) is 0.499. The number of benzene rings is 1. The summed E-state index contributed by atoms with van der Waals surface area (Å²) in [5, 5.41) is 28.8. The molecular formula is C10H15BN2O4. The fourth-order valence-electron chi connectivity index (χ4n) is 1.48. The van der Waals surface area contributed by atoms with Crippen LogP contribution in [0.1, 0.15) is 5.56 Å². The molecule has 6 nitrogen and oxygen atoms in total. The maximum Gasteiger partial charge on any atom is 0.376 e. The van der Waals surface area contributed by atoms with E-state index in [0.29, 0.717) is 13.1 Å². The number of nitro benzene ring substituents is 1. The third-order valence-electron chi connectivity index (χ3n) is 2.45. The van der Waals surface area contributed by atoms with Crippen LogP contribution in [0.5, 0.6) is 0 Å². The second-order valence-corrected chi connectivity index (χ2v) is 3.75. The highest BCUT2D eigenvalue weighted by Crippen LogP contribution is 2.13. The summed E-state index contributed by atoms with van der Waals surface area (Å²) in [6.07, 6.45) is 0. The molecule has 0 fully saturated rings. The molecule has 0 bridgehead atoms. The minimum absolute atomic E-state index is 0.0412. The molecule has 92 valence electrons. The lowest BCUT2D eigenvalue weighted by Crippen LogP contribution is -2.38. The minimum atomic E-state index is -0.669. The van der Waals surface area contributed by atoms with E-state index in [4.69, 9.17) is 5.11 Å². The number of non-ortho nitro benzene ring substituents is 1. The Balaban J connectivity index is 2.69. The van der Waals surface area contributed by atoms with Crippen molar-refractivity contribution >= 4 is 12.7 Å². The van der Waals surface area contributed by atoms with E-state index in [2.05, 4.69) is 0 Å². The van der Waals surface area contributed by atoms with Crippen molar-refractivity contribution in [3.63, 3.8) is 0 Å². The van der Waals surface area contributed by atoms with E-state index in [1.807, 2.05) is 0 Å². The van der Waals surface area contributed by atoms with Crippen LogP contribution in [0.2, 0.25) is 6.82 Å². The second kappa shape index (κ2) is 6.34. The smallest absolute Gasteiger partial charge is 0.376 e. The molecule has 0 aliphatic heterocycles. The number of nitro groups is 1. The van der Waals surface area contributed by atoms with Gasteiger partial charge in [-0.3, -0.25) is 10.1 Å². The number of hydrogen-bond donors (Lipinski definition) is 2. The van der Waals surface area contributed by atoms with Crippen molar-refractivity contribution in [1.82, 2.24) is 4.81 Å². The third-order valence-corrected chi connectivity index (χ3v) is 2.45. The van der Waals surface area contributed by atoms with Gasteiger partial charge in [0.25, 0.3) is 5.69 Å². The van der Waals surface area contributed by atoms with Gasteiger partial charge in [-0.05, 0) is 12.4 Å². The van der Waals surface area contributed by atoms with Gasteiger partial charge in [-0.15, -0.1) is 0 Å². The molecule has 0 aliphatic rings. The van der Waals surface area contributed by atoms with Crippen molar-refractivity contribution in [2.75, 3.05) is 13.2 Å². The normalized spacial score (nSPS) is 10.6. The SMILES string of the molecule is CB(O)N(CCO)Cc1ccc([N+](=O)[O-])cc1.